The number of rotatable bonds is 1. The van der Waals surface area contributed by atoms with E-state index in [4.69, 9.17) is 0 Å². The zero-order chi connectivity index (χ0) is 6.81. The van der Waals surface area contributed by atoms with E-state index in [1.165, 1.54) is 10.2 Å². The molecule has 0 aliphatic rings. The van der Waals surface area contributed by atoms with Gasteiger partial charge in [-0.3, -0.25) is 0 Å². The predicted molar refractivity (Wildman–Crippen MR) is 49.3 cm³/mol. The molecule has 50 valence electrons. The van der Waals surface area contributed by atoms with Crippen LogP contribution in [0.4, 0.5) is 0 Å². The fourth-order valence-electron chi connectivity index (χ4n) is 0.915. The van der Waals surface area contributed by atoms with Crippen molar-refractivity contribution in [3.05, 3.63) is 35.4 Å². The van der Waals surface area contributed by atoms with Crippen molar-refractivity contribution in [3.8, 4) is 10.2 Å². The molecule has 2 heteroatoms. The van der Waals surface area contributed by atoms with Gasteiger partial charge in [0.25, 0.3) is 0 Å². The predicted octanol–water partition coefficient (Wildman–Crippen LogP) is 3.45. The first-order chi connectivity index (χ1) is 4.97. The summed E-state index contributed by atoms with van der Waals surface area (Å²) in [5, 5.41) is 3.61. The zero-order valence-electron chi connectivity index (χ0n) is 5.37. The van der Waals surface area contributed by atoms with E-state index in [1.54, 1.807) is 0 Å². The summed E-state index contributed by atoms with van der Waals surface area (Å²) in [6.45, 7) is 0. The van der Waals surface area contributed by atoms with Gasteiger partial charge in [-0.05, 0) is 23.3 Å². The standard InChI is InChI=1S/C8H7PS/c1-3-7(9-5-1)8-4-2-6-10-8/h1-6,9H. The van der Waals surface area contributed by atoms with Crippen LogP contribution in [0.3, 0.4) is 0 Å². The van der Waals surface area contributed by atoms with Gasteiger partial charge in [-0.25, -0.2) is 0 Å². The Morgan fingerprint density at radius 3 is 2.80 bits per heavy atom. The lowest BCUT2D eigenvalue weighted by molar-refractivity contribution is 1.94. The van der Waals surface area contributed by atoms with E-state index >= 15 is 0 Å². The van der Waals surface area contributed by atoms with Gasteiger partial charge in [-0.15, -0.1) is 19.5 Å². The van der Waals surface area contributed by atoms with E-state index in [2.05, 4.69) is 35.4 Å². The highest BCUT2D eigenvalue weighted by molar-refractivity contribution is 7.35. The summed E-state index contributed by atoms with van der Waals surface area (Å²) in [7, 11) is 0.885. The molecule has 0 nitrogen and oxygen atoms in total. The molecule has 0 radical (unpaired) electrons. The number of thiophene rings is 1. The third kappa shape index (κ3) is 1.03. The van der Waals surface area contributed by atoms with Crippen LogP contribution in [0, 0.1) is 0 Å². The second kappa shape index (κ2) is 2.61. The SMILES string of the molecule is c1c[pH]c(-c2cccs2)c1. The summed E-state index contributed by atoms with van der Waals surface area (Å²) in [6, 6.07) is 8.61. The first kappa shape index (κ1) is 6.21. The van der Waals surface area contributed by atoms with Crippen LogP contribution in [0.5, 0.6) is 0 Å². The maximum absolute atomic E-state index is 2.22. The Kier molecular flexibility index (Phi) is 1.62. The summed E-state index contributed by atoms with van der Waals surface area (Å²) in [4.78, 5) is 1.42. The molecule has 2 aromatic heterocycles. The topological polar surface area (TPSA) is 0 Å². The maximum atomic E-state index is 2.22. The number of hydrogen-bond donors (Lipinski definition) is 0. The van der Waals surface area contributed by atoms with Crippen LogP contribution in [0.25, 0.3) is 10.2 Å². The molecule has 1 unspecified atom stereocenters. The minimum Gasteiger partial charge on any atom is -0.144 e. The minimum absolute atomic E-state index is 0.885. The fraction of sp³-hybridized carbons (Fsp3) is 0. The highest BCUT2D eigenvalue weighted by Gasteiger charge is 1.94. The molecule has 0 spiro atoms. The molecule has 0 saturated heterocycles. The first-order valence-electron chi connectivity index (χ1n) is 3.14. The van der Waals surface area contributed by atoms with Crippen LogP contribution in [0.15, 0.2) is 35.4 Å². The van der Waals surface area contributed by atoms with Crippen LogP contribution < -0.4 is 0 Å². The van der Waals surface area contributed by atoms with E-state index in [0.717, 1.165) is 8.19 Å². The van der Waals surface area contributed by atoms with Gasteiger partial charge in [0.1, 0.15) is 0 Å². The molecule has 2 heterocycles. The van der Waals surface area contributed by atoms with Crippen LogP contribution in [-0.4, -0.2) is 0 Å². The summed E-state index contributed by atoms with van der Waals surface area (Å²) < 4.78 is 0. The lowest BCUT2D eigenvalue weighted by Gasteiger charge is -1.86. The van der Waals surface area contributed by atoms with Crippen molar-refractivity contribution in [2.75, 3.05) is 0 Å². The molecule has 0 aliphatic heterocycles. The highest BCUT2D eigenvalue weighted by atomic mass is 32.1. The molecular weight excluding hydrogens is 159 g/mol. The van der Waals surface area contributed by atoms with E-state index < -0.39 is 0 Å². The molecule has 2 rings (SSSR count). The van der Waals surface area contributed by atoms with Crippen molar-refractivity contribution in [3.63, 3.8) is 0 Å². The van der Waals surface area contributed by atoms with Crippen molar-refractivity contribution in [2.45, 2.75) is 0 Å². The lowest BCUT2D eigenvalue weighted by Crippen LogP contribution is -1.54. The van der Waals surface area contributed by atoms with Gasteiger partial charge >= 0.3 is 0 Å². The van der Waals surface area contributed by atoms with Crippen molar-refractivity contribution >= 4 is 19.5 Å². The lowest BCUT2D eigenvalue weighted by atomic mass is 10.4. The molecule has 0 fully saturated rings. The molecule has 0 saturated carbocycles. The van der Waals surface area contributed by atoms with E-state index in [0.29, 0.717) is 0 Å². The van der Waals surface area contributed by atoms with Crippen LogP contribution in [-0.2, 0) is 0 Å². The molecular formula is C8H7PS. The van der Waals surface area contributed by atoms with Crippen molar-refractivity contribution in [2.24, 2.45) is 0 Å². The average molecular weight is 166 g/mol. The first-order valence-corrected chi connectivity index (χ1v) is 5.10. The van der Waals surface area contributed by atoms with Crippen LogP contribution in [0.1, 0.15) is 0 Å². The number of hydrogen-bond acceptors (Lipinski definition) is 1. The largest absolute Gasteiger partial charge is 0.144 e. The maximum Gasteiger partial charge on any atom is 0.0379 e. The van der Waals surface area contributed by atoms with Gasteiger partial charge in [0, 0.05) is 10.2 Å². The molecule has 0 N–H and O–H groups in total. The van der Waals surface area contributed by atoms with Crippen molar-refractivity contribution in [1.29, 1.82) is 0 Å². The molecule has 0 aliphatic carbocycles. The van der Waals surface area contributed by atoms with Gasteiger partial charge in [-0.1, -0.05) is 12.1 Å². The van der Waals surface area contributed by atoms with Crippen LogP contribution in [0.2, 0.25) is 0 Å². The molecule has 0 bridgehead atoms. The third-order valence-corrected chi connectivity index (χ3v) is 3.58. The Morgan fingerprint density at radius 1 is 1.20 bits per heavy atom. The third-order valence-electron chi connectivity index (χ3n) is 1.38. The summed E-state index contributed by atoms with van der Waals surface area (Å²) in [5.74, 6) is 2.22. The quantitative estimate of drug-likeness (QED) is 0.608. The fourth-order valence-corrected chi connectivity index (χ4v) is 2.71. The Hall–Kier alpha value is -0.520. The van der Waals surface area contributed by atoms with Crippen LogP contribution >= 0.6 is 19.5 Å². The van der Waals surface area contributed by atoms with Gasteiger partial charge in [-0.2, -0.15) is 0 Å². The molecule has 10 heavy (non-hydrogen) atoms. The monoisotopic (exact) mass is 166 g/mol. The van der Waals surface area contributed by atoms with Crippen molar-refractivity contribution in [1.82, 2.24) is 0 Å². The molecule has 1 atom stereocenters. The minimum atomic E-state index is 0.885. The van der Waals surface area contributed by atoms with Crippen molar-refractivity contribution < 1.29 is 0 Å². The second-order valence-corrected chi connectivity index (χ2v) is 4.17. The second-order valence-electron chi connectivity index (χ2n) is 2.06. The Balaban J connectivity index is 2.48. The molecule has 2 aromatic rings. The van der Waals surface area contributed by atoms with Gasteiger partial charge in [0.15, 0.2) is 0 Å². The Bertz CT molecular complexity index is 249. The Labute approximate surface area is 65.6 Å². The summed E-state index contributed by atoms with van der Waals surface area (Å²) >= 11 is 1.82. The summed E-state index contributed by atoms with van der Waals surface area (Å²) in [5.41, 5.74) is 0. The molecule has 0 amide bonds. The van der Waals surface area contributed by atoms with E-state index in [9.17, 15) is 0 Å². The normalized spacial score (nSPS) is 10.8. The summed E-state index contributed by atoms with van der Waals surface area (Å²) in [6.07, 6.45) is 0. The highest BCUT2D eigenvalue weighted by Crippen LogP contribution is 2.31. The Morgan fingerprint density at radius 2 is 2.20 bits per heavy atom. The van der Waals surface area contributed by atoms with E-state index in [-0.39, 0.29) is 0 Å². The average Bonchev–Trinajstić information content (AvgIpc) is 2.59. The smallest absolute Gasteiger partial charge is 0.0379 e. The van der Waals surface area contributed by atoms with Gasteiger partial charge in [0.05, 0.1) is 0 Å². The van der Waals surface area contributed by atoms with Gasteiger partial charge < -0.3 is 0 Å². The molecule has 0 aromatic carbocycles. The van der Waals surface area contributed by atoms with E-state index in [1.807, 2.05) is 11.3 Å². The van der Waals surface area contributed by atoms with Gasteiger partial charge in [0.2, 0.25) is 0 Å². The zero-order valence-corrected chi connectivity index (χ0v) is 7.19.